The van der Waals surface area contributed by atoms with Crippen LogP contribution >= 0.6 is 0 Å². The number of nitrogens with one attached hydrogen (secondary N) is 1. The molecule has 6 heteroatoms. The first-order valence-corrected chi connectivity index (χ1v) is 10.6. The molecule has 2 N–H and O–H groups in total. The Bertz CT molecular complexity index is 696. The van der Waals surface area contributed by atoms with Gasteiger partial charge in [0.1, 0.15) is 11.4 Å². The van der Waals surface area contributed by atoms with Crippen molar-refractivity contribution >= 4 is 22.9 Å². The van der Waals surface area contributed by atoms with E-state index in [0.29, 0.717) is 30.1 Å². The molecule has 0 spiro atoms. The van der Waals surface area contributed by atoms with Gasteiger partial charge in [0.05, 0.1) is 12.1 Å². The number of fused-ring (bicyclic) bond motifs is 1. The van der Waals surface area contributed by atoms with E-state index >= 15 is 0 Å². The maximum Gasteiger partial charge on any atom is 0.322 e. The van der Waals surface area contributed by atoms with Crippen LogP contribution in [-0.4, -0.2) is 39.6 Å². The van der Waals surface area contributed by atoms with E-state index in [9.17, 15) is 14.5 Å². The monoisotopic (exact) mass is 360 g/mol. The molecule has 1 heterocycles. The average molecular weight is 360 g/mol. The molecule has 1 aromatic carbocycles. The largest absolute Gasteiger partial charge is 0.611 e. The highest BCUT2D eigenvalue weighted by Crippen LogP contribution is 2.55. The highest BCUT2D eigenvalue weighted by molar-refractivity contribution is 7.91. The van der Waals surface area contributed by atoms with E-state index < -0.39 is 16.8 Å². The maximum absolute atomic E-state index is 13.0. The van der Waals surface area contributed by atoms with E-state index in [4.69, 9.17) is 0 Å². The average Bonchev–Trinajstić information content (AvgIpc) is 2.57. The lowest BCUT2D eigenvalue weighted by molar-refractivity contribution is -0.136. The number of anilines is 1. The second kappa shape index (κ2) is 5.63. The number of para-hydroxylation sites is 1. The van der Waals surface area contributed by atoms with Gasteiger partial charge >= 0.3 is 6.03 Å². The van der Waals surface area contributed by atoms with Crippen LogP contribution in [0.4, 0.5) is 10.5 Å². The van der Waals surface area contributed by atoms with Crippen LogP contribution in [-0.2, 0) is 11.2 Å². The Labute approximate surface area is 151 Å². The number of aliphatic hydroxyl groups is 1. The zero-order valence-corrected chi connectivity index (χ0v) is 15.0. The van der Waals surface area contributed by atoms with Crippen molar-refractivity contribution in [2.24, 2.45) is 17.8 Å². The number of benzene rings is 1. The van der Waals surface area contributed by atoms with Crippen molar-refractivity contribution in [3.05, 3.63) is 24.3 Å². The van der Waals surface area contributed by atoms with Gasteiger partial charge in [-0.3, -0.25) is 4.90 Å². The van der Waals surface area contributed by atoms with Gasteiger partial charge in [0.15, 0.2) is 4.90 Å². The van der Waals surface area contributed by atoms with Crippen molar-refractivity contribution in [3.8, 4) is 0 Å². The summed E-state index contributed by atoms with van der Waals surface area (Å²) in [5.41, 5.74) is 0.291. The SMILES string of the molecule is O=C(NC1C2CC3CC1CC(O)(C3)C2)N1CC[S+]([O-])c2ccccc21. The Morgan fingerprint density at radius 3 is 2.68 bits per heavy atom. The first-order valence-electron chi connectivity index (χ1n) is 9.30. The van der Waals surface area contributed by atoms with Crippen LogP contribution in [0.3, 0.4) is 0 Å². The number of hydrogen-bond donors (Lipinski definition) is 2. The minimum atomic E-state index is -1.02. The van der Waals surface area contributed by atoms with Crippen LogP contribution in [0.15, 0.2) is 29.2 Å². The minimum Gasteiger partial charge on any atom is -0.611 e. The molecule has 4 saturated carbocycles. The lowest BCUT2D eigenvalue weighted by atomic mass is 9.52. The van der Waals surface area contributed by atoms with Gasteiger partial charge in [-0.25, -0.2) is 4.79 Å². The quantitative estimate of drug-likeness (QED) is 0.755. The normalized spacial score (nSPS) is 41.5. The molecule has 0 saturated heterocycles. The summed E-state index contributed by atoms with van der Waals surface area (Å²) in [6.07, 6.45) is 4.86. The van der Waals surface area contributed by atoms with Crippen LogP contribution in [0.5, 0.6) is 0 Å². The fraction of sp³-hybridized carbons (Fsp3) is 0.632. The summed E-state index contributed by atoms with van der Waals surface area (Å²) in [5, 5.41) is 14.0. The molecule has 4 fully saturated rings. The Hall–Kier alpha value is -1.24. The molecule has 5 aliphatic rings. The lowest BCUT2D eigenvalue weighted by Gasteiger charge is -2.58. The molecule has 4 aliphatic carbocycles. The van der Waals surface area contributed by atoms with E-state index in [1.807, 2.05) is 24.3 Å². The summed E-state index contributed by atoms with van der Waals surface area (Å²) in [7, 11) is 0. The number of rotatable bonds is 1. The molecule has 5 nitrogen and oxygen atoms in total. The molecule has 25 heavy (non-hydrogen) atoms. The molecule has 3 unspecified atom stereocenters. The van der Waals surface area contributed by atoms with Crippen LogP contribution < -0.4 is 10.2 Å². The van der Waals surface area contributed by atoms with Gasteiger partial charge in [-0.15, -0.1) is 0 Å². The van der Waals surface area contributed by atoms with Gasteiger partial charge in [-0.05, 0) is 73.2 Å². The van der Waals surface area contributed by atoms with Crippen molar-refractivity contribution in [1.82, 2.24) is 5.32 Å². The highest BCUT2D eigenvalue weighted by Gasteiger charge is 2.55. The first kappa shape index (κ1) is 16.0. The molecule has 0 radical (unpaired) electrons. The molecular weight excluding hydrogens is 336 g/mol. The van der Waals surface area contributed by atoms with E-state index in [2.05, 4.69) is 5.32 Å². The summed E-state index contributed by atoms with van der Waals surface area (Å²) in [4.78, 5) is 15.5. The fourth-order valence-corrected chi connectivity index (χ4v) is 7.14. The summed E-state index contributed by atoms with van der Waals surface area (Å²) >= 11 is -1.02. The molecule has 6 rings (SSSR count). The number of carbonyl (C=O) groups excluding carboxylic acids is 1. The van der Waals surface area contributed by atoms with Crippen LogP contribution in [0, 0.1) is 17.8 Å². The maximum atomic E-state index is 13.0. The Kier molecular flexibility index (Phi) is 3.60. The van der Waals surface area contributed by atoms with E-state index in [1.165, 1.54) is 0 Å². The van der Waals surface area contributed by atoms with Crippen molar-refractivity contribution in [2.45, 2.75) is 48.6 Å². The molecular formula is C19H24N2O3S. The third-order valence-corrected chi connectivity index (χ3v) is 8.07. The Morgan fingerprint density at radius 2 is 1.96 bits per heavy atom. The molecule has 1 aliphatic heterocycles. The van der Waals surface area contributed by atoms with Crippen molar-refractivity contribution < 1.29 is 14.5 Å². The third kappa shape index (κ3) is 2.57. The smallest absolute Gasteiger partial charge is 0.322 e. The van der Waals surface area contributed by atoms with E-state index in [-0.39, 0.29) is 12.1 Å². The molecule has 1 aromatic rings. The molecule has 0 aromatic heterocycles. The number of amides is 2. The Balaban J connectivity index is 1.36. The van der Waals surface area contributed by atoms with Crippen LogP contribution in [0.25, 0.3) is 0 Å². The molecule has 134 valence electrons. The third-order valence-electron chi connectivity index (χ3n) is 6.68. The summed E-state index contributed by atoms with van der Waals surface area (Å²) in [6.45, 7) is 0.490. The van der Waals surface area contributed by atoms with Crippen LogP contribution in [0.1, 0.15) is 32.1 Å². The standard InChI is InChI=1S/C19H24N2O3S/c22-18(21-5-6-25(24)16-4-2-1-3-15(16)21)20-17-13-7-12-8-14(17)11-19(23,9-12)10-13/h1-4,12-14,17,23H,5-11H2,(H,20,22). The minimum absolute atomic E-state index is 0.0754. The second-order valence-corrected chi connectivity index (χ2v) is 9.88. The van der Waals surface area contributed by atoms with Gasteiger partial charge in [0.2, 0.25) is 0 Å². The predicted octanol–water partition coefficient (Wildman–Crippen LogP) is 2.26. The van der Waals surface area contributed by atoms with Gasteiger partial charge < -0.3 is 15.0 Å². The highest BCUT2D eigenvalue weighted by atomic mass is 32.2. The van der Waals surface area contributed by atoms with Gasteiger partial charge in [-0.1, -0.05) is 12.1 Å². The van der Waals surface area contributed by atoms with Gasteiger partial charge in [0, 0.05) is 6.04 Å². The molecule has 3 atom stereocenters. The van der Waals surface area contributed by atoms with E-state index in [0.717, 1.165) is 42.7 Å². The van der Waals surface area contributed by atoms with Crippen molar-refractivity contribution in [2.75, 3.05) is 17.2 Å². The number of nitrogens with zero attached hydrogens (tertiary/aromatic N) is 1. The predicted molar refractivity (Wildman–Crippen MR) is 95.9 cm³/mol. The van der Waals surface area contributed by atoms with Crippen LogP contribution in [0.2, 0.25) is 0 Å². The Morgan fingerprint density at radius 1 is 1.24 bits per heavy atom. The molecule has 4 bridgehead atoms. The second-order valence-electron chi connectivity index (χ2n) is 8.34. The van der Waals surface area contributed by atoms with Crippen molar-refractivity contribution in [3.63, 3.8) is 0 Å². The summed E-state index contributed by atoms with van der Waals surface area (Å²) in [6, 6.07) is 7.59. The number of carbonyl (C=O) groups is 1. The number of urea groups is 1. The van der Waals surface area contributed by atoms with Crippen molar-refractivity contribution in [1.29, 1.82) is 0 Å². The van der Waals surface area contributed by atoms with Gasteiger partial charge in [-0.2, -0.15) is 0 Å². The molecule has 2 amide bonds. The van der Waals surface area contributed by atoms with E-state index in [1.54, 1.807) is 4.90 Å². The number of hydrogen-bond acceptors (Lipinski definition) is 3. The zero-order valence-electron chi connectivity index (χ0n) is 14.2. The summed E-state index contributed by atoms with van der Waals surface area (Å²) in [5.74, 6) is 1.92. The van der Waals surface area contributed by atoms with Gasteiger partial charge in [0.25, 0.3) is 0 Å². The zero-order chi connectivity index (χ0) is 17.2. The fourth-order valence-electron chi connectivity index (χ4n) is 5.93. The lowest BCUT2D eigenvalue weighted by Crippen LogP contribution is -2.63. The first-order chi connectivity index (χ1) is 12.0. The summed E-state index contributed by atoms with van der Waals surface area (Å²) < 4.78 is 12.2. The topological polar surface area (TPSA) is 75.6 Å².